The van der Waals surface area contributed by atoms with E-state index in [1.807, 2.05) is 0 Å². The van der Waals surface area contributed by atoms with Crippen LogP contribution in [0.1, 0.15) is 22.1 Å². The lowest BCUT2D eigenvalue weighted by Gasteiger charge is -2.30. The monoisotopic (exact) mass is 336 g/mol. The highest BCUT2D eigenvalue weighted by Gasteiger charge is 2.32. The number of rotatable bonds is 4. The largest absolute Gasteiger partial charge is 0.365 e. The SMILES string of the molecule is NC(=O)c1c(-c2cccc(Cl)c2)nn2c1CN(C=O)CC2CF. The first-order chi connectivity index (χ1) is 11.0. The molecule has 0 saturated carbocycles. The van der Waals surface area contributed by atoms with Crippen molar-refractivity contribution in [2.45, 2.75) is 12.6 Å². The Balaban J connectivity index is 2.21. The quantitative estimate of drug-likeness (QED) is 0.864. The van der Waals surface area contributed by atoms with Crippen LogP contribution in [0.5, 0.6) is 0 Å². The first-order valence-electron chi connectivity index (χ1n) is 6.97. The highest BCUT2D eigenvalue weighted by Crippen LogP contribution is 2.32. The topological polar surface area (TPSA) is 81.2 Å². The standard InChI is InChI=1S/C15H14ClFN4O2/c16-10-3-1-2-9(4-10)14-13(15(18)23)12-7-20(8-22)6-11(5-17)21(12)19-14/h1-4,8,11H,5-7H2,(H2,18,23). The molecular weight excluding hydrogens is 323 g/mol. The smallest absolute Gasteiger partial charge is 0.252 e. The fraction of sp³-hybridized carbons (Fsp3) is 0.267. The minimum absolute atomic E-state index is 0.159. The Hall–Kier alpha value is -2.41. The van der Waals surface area contributed by atoms with Gasteiger partial charge >= 0.3 is 0 Å². The number of benzene rings is 1. The Labute approximate surface area is 136 Å². The molecule has 0 bridgehead atoms. The van der Waals surface area contributed by atoms with Crippen LogP contribution in [0.15, 0.2) is 24.3 Å². The van der Waals surface area contributed by atoms with E-state index in [4.69, 9.17) is 17.3 Å². The molecule has 0 spiro atoms. The third-order valence-electron chi connectivity index (χ3n) is 3.83. The minimum atomic E-state index is -0.702. The zero-order valence-electron chi connectivity index (χ0n) is 12.1. The van der Waals surface area contributed by atoms with Gasteiger partial charge in [-0.15, -0.1) is 0 Å². The van der Waals surface area contributed by atoms with Gasteiger partial charge in [0.25, 0.3) is 5.91 Å². The molecule has 1 atom stereocenters. The van der Waals surface area contributed by atoms with Crippen LogP contribution < -0.4 is 5.73 Å². The summed E-state index contributed by atoms with van der Waals surface area (Å²) in [5.74, 6) is -0.674. The van der Waals surface area contributed by atoms with Gasteiger partial charge in [-0.25, -0.2) is 4.39 Å². The second-order valence-electron chi connectivity index (χ2n) is 5.33. The van der Waals surface area contributed by atoms with Gasteiger partial charge in [0.1, 0.15) is 12.4 Å². The predicted molar refractivity (Wildman–Crippen MR) is 82.7 cm³/mol. The van der Waals surface area contributed by atoms with Crippen molar-refractivity contribution < 1.29 is 14.0 Å². The molecule has 120 valence electrons. The third-order valence-corrected chi connectivity index (χ3v) is 4.06. The van der Waals surface area contributed by atoms with Crippen LogP contribution in [0.2, 0.25) is 5.02 Å². The molecule has 2 N–H and O–H groups in total. The minimum Gasteiger partial charge on any atom is -0.365 e. The number of nitrogens with two attached hydrogens (primary N) is 1. The summed E-state index contributed by atoms with van der Waals surface area (Å²) in [4.78, 5) is 24.4. The number of hydrogen-bond acceptors (Lipinski definition) is 3. The maximum Gasteiger partial charge on any atom is 0.252 e. The van der Waals surface area contributed by atoms with E-state index in [2.05, 4.69) is 5.10 Å². The number of nitrogens with zero attached hydrogens (tertiary/aromatic N) is 3. The van der Waals surface area contributed by atoms with Crippen LogP contribution in [-0.4, -0.2) is 40.2 Å². The number of primary amides is 1. The molecule has 2 aromatic rings. The predicted octanol–water partition coefficient (Wildman–Crippen LogP) is 1.79. The molecule has 2 amide bonds. The molecule has 1 unspecified atom stereocenters. The number of carbonyl (C=O) groups is 2. The van der Waals surface area contributed by atoms with E-state index in [-0.39, 0.29) is 18.7 Å². The number of hydrogen-bond donors (Lipinski definition) is 1. The van der Waals surface area contributed by atoms with E-state index >= 15 is 0 Å². The van der Waals surface area contributed by atoms with E-state index in [1.165, 1.54) is 9.58 Å². The number of aromatic nitrogens is 2. The summed E-state index contributed by atoms with van der Waals surface area (Å²) in [6.45, 7) is -0.347. The summed E-state index contributed by atoms with van der Waals surface area (Å²) in [5.41, 5.74) is 7.10. The molecule has 3 rings (SSSR count). The maximum absolute atomic E-state index is 13.3. The molecule has 6 nitrogen and oxygen atoms in total. The van der Waals surface area contributed by atoms with Crippen LogP contribution in [0.4, 0.5) is 4.39 Å². The van der Waals surface area contributed by atoms with Gasteiger partial charge in [0, 0.05) is 17.1 Å². The Bertz CT molecular complexity index is 777. The fourth-order valence-corrected chi connectivity index (χ4v) is 3.01. The first kappa shape index (κ1) is 15.5. The Kier molecular flexibility index (Phi) is 4.04. The van der Waals surface area contributed by atoms with Crippen LogP contribution in [-0.2, 0) is 11.3 Å². The lowest BCUT2D eigenvalue weighted by Crippen LogP contribution is -2.38. The molecule has 0 aliphatic carbocycles. The zero-order chi connectivity index (χ0) is 16.6. The van der Waals surface area contributed by atoms with Crippen molar-refractivity contribution in [3.05, 3.63) is 40.5 Å². The van der Waals surface area contributed by atoms with Crippen molar-refractivity contribution in [3.8, 4) is 11.3 Å². The number of fused-ring (bicyclic) bond motifs is 1. The second kappa shape index (κ2) is 6.00. The van der Waals surface area contributed by atoms with Crippen molar-refractivity contribution in [2.75, 3.05) is 13.2 Å². The van der Waals surface area contributed by atoms with Crippen LogP contribution >= 0.6 is 11.6 Å². The van der Waals surface area contributed by atoms with E-state index in [1.54, 1.807) is 24.3 Å². The van der Waals surface area contributed by atoms with Gasteiger partial charge < -0.3 is 10.6 Å². The molecule has 0 fully saturated rings. The molecule has 1 aliphatic rings. The summed E-state index contributed by atoms with van der Waals surface area (Å²) in [6, 6.07) is 6.18. The van der Waals surface area contributed by atoms with Gasteiger partial charge in [0.05, 0.1) is 23.8 Å². The van der Waals surface area contributed by atoms with Crippen molar-refractivity contribution in [1.82, 2.24) is 14.7 Å². The summed E-state index contributed by atoms with van der Waals surface area (Å²) in [6.07, 6.45) is 0.628. The van der Waals surface area contributed by atoms with Gasteiger partial charge in [-0.05, 0) is 12.1 Å². The van der Waals surface area contributed by atoms with Gasteiger partial charge in [-0.2, -0.15) is 5.10 Å². The number of carbonyl (C=O) groups excluding carboxylic acids is 2. The molecule has 23 heavy (non-hydrogen) atoms. The van der Waals surface area contributed by atoms with E-state index < -0.39 is 18.6 Å². The van der Waals surface area contributed by atoms with Gasteiger partial charge in [-0.3, -0.25) is 14.3 Å². The van der Waals surface area contributed by atoms with Crippen LogP contribution in [0, 0.1) is 0 Å². The lowest BCUT2D eigenvalue weighted by molar-refractivity contribution is -0.120. The Morgan fingerprint density at radius 2 is 2.30 bits per heavy atom. The summed E-state index contributed by atoms with van der Waals surface area (Å²) in [7, 11) is 0. The zero-order valence-corrected chi connectivity index (χ0v) is 12.8. The highest BCUT2D eigenvalue weighted by atomic mass is 35.5. The molecular formula is C15H14ClFN4O2. The summed E-state index contributed by atoms with van der Waals surface area (Å²) in [5, 5.41) is 4.87. The van der Waals surface area contributed by atoms with Crippen LogP contribution in [0.3, 0.4) is 0 Å². The van der Waals surface area contributed by atoms with E-state index in [0.717, 1.165) is 0 Å². The number of amides is 2. The summed E-state index contributed by atoms with van der Waals surface area (Å²) < 4.78 is 14.8. The van der Waals surface area contributed by atoms with Crippen molar-refractivity contribution in [3.63, 3.8) is 0 Å². The van der Waals surface area contributed by atoms with E-state index in [9.17, 15) is 14.0 Å². The first-order valence-corrected chi connectivity index (χ1v) is 7.35. The lowest BCUT2D eigenvalue weighted by atomic mass is 10.0. The molecule has 2 heterocycles. The van der Waals surface area contributed by atoms with Crippen LogP contribution in [0.25, 0.3) is 11.3 Å². The van der Waals surface area contributed by atoms with Crippen molar-refractivity contribution >= 4 is 23.9 Å². The van der Waals surface area contributed by atoms with E-state index in [0.29, 0.717) is 28.4 Å². The van der Waals surface area contributed by atoms with Crippen molar-refractivity contribution in [1.29, 1.82) is 0 Å². The number of halogens is 2. The summed E-state index contributed by atoms with van der Waals surface area (Å²) >= 11 is 5.99. The van der Waals surface area contributed by atoms with Crippen molar-refractivity contribution in [2.24, 2.45) is 5.73 Å². The molecule has 1 aromatic heterocycles. The molecule has 0 radical (unpaired) electrons. The maximum atomic E-state index is 13.3. The normalized spacial score (nSPS) is 17.0. The number of alkyl halides is 1. The Morgan fingerprint density at radius 1 is 1.52 bits per heavy atom. The third kappa shape index (κ3) is 2.68. The second-order valence-corrected chi connectivity index (χ2v) is 5.77. The fourth-order valence-electron chi connectivity index (χ4n) is 2.82. The van der Waals surface area contributed by atoms with Gasteiger partial charge in [0.15, 0.2) is 0 Å². The van der Waals surface area contributed by atoms with Gasteiger partial charge in [-0.1, -0.05) is 23.7 Å². The molecule has 1 aliphatic heterocycles. The average molecular weight is 337 g/mol. The molecule has 8 heteroatoms. The van der Waals surface area contributed by atoms with Gasteiger partial charge in [0.2, 0.25) is 6.41 Å². The molecule has 1 aromatic carbocycles. The highest BCUT2D eigenvalue weighted by molar-refractivity contribution is 6.30. The Morgan fingerprint density at radius 3 is 2.91 bits per heavy atom. The molecule has 0 saturated heterocycles. The average Bonchev–Trinajstić information content (AvgIpc) is 2.93.